The summed E-state index contributed by atoms with van der Waals surface area (Å²) in [7, 11) is 0. The Bertz CT molecular complexity index is 523. The van der Waals surface area contributed by atoms with Crippen molar-refractivity contribution < 1.29 is 14.7 Å². The number of rotatable bonds is 3. The predicted molar refractivity (Wildman–Crippen MR) is 63.3 cm³/mol. The van der Waals surface area contributed by atoms with Crippen molar-refractivity contribution in [3.63, 3.8) is 0 Å². The fourth-order valence-electron chi connectivity index (χ4n) is 2.19. The second kappa shape index (κ2) is 5.03. The van der Waals surface area contributed by atoms with Crippen LogP contribution in [0.1, 0.15) is 29.6 Å². The topological polar surface area (TPSA) is 99.3 Å². The SMILES string of the molecule is O=C(N[C@@H]1CC[C@H](C(=O)O)C1)c1cc[nH]c(=O)c1. The molecule has 0 spiro atoms. The van der Waals surface area contributed by atoms with Crippen molar-refractivity contribution in [2.45, 2.75) is 25.3 Å². The number of carbonyl (C=O) groups excluding carboxylic acids is 1. The summed E-state index contributed by atoms with van der Waals surface area (Å²) < 4.78 is 0. The third-order valence-electron chi connectivity index (χ3n) is 3.15. The summed E-state index contributed by atoms with van der Waals surface area (Å²) in [6.45, 7) is 0. The molecule has 0 radical (unpaired) electrons. The Morgan fingerprint density at radius 1 is 1.39 bits per heavy atom. The highest BCUT2D eigenvalue weighted by molar-refractivity contribution is 5.94. The molecular formula is C12H14N2O4. The van der Waals surface area contributed by atoms with E-state index in [1.807, 2.05) is 0 Å². The molecule has 3 N–H and O–H groups in total. The van der Waals surface area contributed by atoms with Gasteiger partial charge < -0.3 is 15.4 Å². The van der Waals surface area contributed by atoms with E-state index in [1.54, 1.807) is 0 Å². The van der Waals surface area contributed by atoms with Crippen LogP contribution in [0.25, 0.3) is 0 Å². The van der Waals surface area contributed by atoms with Crippen molar-refractivity contribution in [1.29, 1.82) is 0 Å². The molecule has 18 heavy (non-hydrogen) atoms. The van der Waals surface area contributed by atoms with Crippen molar-refractivity contribution in [2.24, 2.45) is 5.92 Å². The molecule has 0 saturated heterocycles. The van der Waals surface area contributed by atoms with Crippen LogP contribution in [0.4, 0.5) is 0 Å². The Labute approximate surface area is 103 Å². The summed E-state index contributed by atoms with van der Waals surface area (Å²) in [4.78, 5) is 36.1. The van der Waals surface area contributed by atoms with Gasteiger partial charge in [-0.15, -0.1) is 0 Å². The maximum absolute atomic E-state index is 11.8. The molecule has 1 fully saturated rings. The van der Waals surface area contributed by atoms with E-state index in [4.69, 9.17) is 5.11 Å². The lowest BCUT2D eigenvalue weighted by atomic mass is 10.1. The number of carboxylic acid groups (broad SMARTS) is 1. The molecular weight excluding hydrogens is 236 g/mol. The van der Waals surface area contributed by atoms with Crippen LogP contribution in [0.2, 0.25) is 0 Å². The van der Waals surface area contributed by atoms with E-state index >= 15 is 0 Å². The second-order valence-corrected chi connectivity index (χ2v) is 4.46. The second-order valence-electron chi connectivity index (χ2n) is 4.46. The fourth-order valence-corrected chi connectivity index (χ4v) is 2.19. The molecule has 1 heterocycles. The third-order valence-corrected chi connectivity index (χ3v) is 3.15. The molecule has 96 valence electrons. The van der Waals surface area contributed by atoms with Crippen molar-refractivity contribution in [3.8, 4) is 0 Å². The minimum atomic E-state index is -0.817. The van der Waals surface area contributed by atoms with E-state index in [2.05, 4.69) is 10.3 Å². The number of nitrogens with one attached hydrogen (secondary N) is 2. The van der Waals surface area contributed by atoms with Crippen LogP contribution in [-0.4, -0.2) is 28.0 Å². The monoisotopic (exact) mass is 250 g/mol. The van der Waals surface area contributed by atoms with E-state index in [-0.39, 0.29) is 29.0 Å². The number of aromatic nitrogens is 1. The van der Waals surface area contributed by atoms with E-state index in [0.29, 0.717) is 19.3 Å². The number of pyridine rings is 1. The first kappa shape index (κ1) is 12.3. The van der Waals surface area contributed by atoms with Crippen molar-refractivity contribution >= 4 is 11.9 Å². The smallest absolute Gasteiger partial charge is 0.306 e. The number of hydrogen-bond donors (Lipinski definition) is 3. The number of aromatic amines is 1. The zero-order chi connectivity index (χ0) is 13.1. The van der Waals surface area contributed by atoms with E-state index in [9.17, 15) is 14.4 Å². The Morgan fingerprint density at radius 3 is 2.78 bits per heavy atom. The molecule has 2 rings (SSSR count). The molecule has 6 heteroatoms. The number of hydrogen-bond acceptors (Lipinski definition) is 3. The van der Waals surface area contributed by atoms with Gasteiger partial charge in [-0.2, -0.15) is 0 Å². The standard InChI is InChI=1S/C12H14N2O4/c15-10-6-7(3-4-13-10)11(16)14-9-2-1-8(5-9)12(17)18/h3-4,6,8-9H,1-2,5H2,(H,13,15)(H,14,16)(H,17,18)/t8-,9+/m0/s1. The molecule has 1 aromatic rings. The summed E-state index contributed by atoms with van der Waals surface area (Å²) in [5, 5.41) is 11.6. The molecule has 0 unspecified atom stereocenters. The van der Waals surface area contributed by atoms with Crippen molar-refractivity contribution in [3.05, 3.63) is 34.2 Å². The molecule has 0 aromatic carbocycles. The van der Waals surface area contributed by atoms with Gasteiger partial charge in [0, 0.05) is 23.9 Å². The minimum absolute atomic E-state index is 0.127. The first-order valence-corrected chi connectivity index (χ1v) is 5.78. The summed E-state index contributed by atoms with van der Waals surface area (Å²) in [5.41, 5.74) is -0.0463. The molecule has 1 aliphatic rings. The zero-order valence-corrected chi connectivity index (χ0v) is 9.68. The van der Waals surface area contributed by atoms with Crippen LogP contribution in [0, 0.1) is 5.92 Å². The number of aliphatic carboxylic acids is 1. The molecule has 6 nitrogen and oxygen atoms in total. The molecule has 2 atom stereocenters. The maximum Gasteiger partial charge on any atom is 0.306 e. The van der Waals surface area contributed by atoms with Crippen LogP contribution in [-0.2, 0) is 4.79 Å². The van der Waals surface area contributed by atoms with Gasteiger partial charge in [0.25, 0.3) is 5.91 Å². The van der Waals surface area contributed by atoms with Gasteiger partial charge in [-0.25, -0.2) is 0 Å². The van der Waals surface area contributed by atoms with Crippen LogP contribution < -0.4 is 10.9 Å². The zero-order valence-electron chi connectivity index (χ0n) is 9.68. The molecule has 0 aliphatic heterocycles. The third kappa shape index (κ3) is 2.77. The van der Waals surface area contributed by atoms with Crippen LogP contribution in [0.3, 0.4) is 0 Å². The average Bonchev–Trinajstić information content (AvgIpc) is 2.77. The number of carboxylic acids is 1. The summed E-state index contributed by atoms with van der Waals surface area (Å²) in [5.74, 6) is -1.53. The highest BCUT2D eigenvalue weighted by Gasteiger charge is 2.30. The largest absolute Gasteiger partial charge is 0.481 e. The van der Waals surface area contributed by atoms with Gasteiger partial charge >= 0.3 is 5.97 Å². The summed E-state index contributed by atoms with van der Waals surface area (Å²) >= 11 is 0. The Morgan fingerprint density at radius 2 is 2.17 bits per heavy atom. The van der Waals surface area contributed by atoms with Crippen molar-refractivity contribution in [2.75, 3.05) is 0 Å². The van der Waals surface area contributed by atoms with Crippen LogP contribution >= 0.6 is 0 Å². The lowest BCUT2D eigenvalue weighted by Gasteiger charge is -2.12. The first-order chi connectivity index (χ1) is 8.56. The van der Waals surface area contributed by atoms with Crippen LogP contribution in [0.5, 0.6) is 0 Å². The Hall–Kier alpha value is -2.11. The van der Waals surface area contributed by atoms with Gasteiger partial charge in [-0.05, 0) is 25.3 Å². The van der Waals surface area contributed by atoms with E-state index in [0.717, 1.165) is 0 Å². The molecule has 1 saturated carbocycles. The highest BCUT2D eigenvalue weighted by atomic mass is 16.4. The lowest BCUT2D eigenvalue weighted by Crippen LogP contribution is -2.33. The normalized spacial score (nSPS) is 22.7. The number of H-pyrrole nitrogens is 1. The van der Waals surface area contributed by atoms with Gasteiger partial charge in [-0.1, -0.05) is 0 Å². The lowest BCUT2D eigenvalue weighted by molar-refractivity contribution is -0.141. The average molecular weight is 250 g/mol. The molecule has 0 bridgehead atoms. The van der Waals surface area contributed by atoms with Gasteiger partial charge in [0.05, 0.1) is 5.92 Å². The van der Waals surface area contributed by atoms with Gasteiger partial charge in [0.15, 0.2) is 0 Å². The fraction of sp³-hybridized carbons (Fsp3) is 0.417. The summed E-state index contributed by atoms with van der Waals surface area (Å²) in [6.07, 6.45) is 3.10. The van der Waals surface area contributed by atoms with Crippen molar-refractivity contribution in [1.82, 2.24) is 10.3 Å². The molecule has 1 aromatic heterocycles. The predicted octanol–water partition coefficient (Wildman–Crippen LogP) is 0.358. The van der Waals surface area contributed by atoms with Gasteiger partial charge in [0.2, 0.25) is 5.56 Å². The summed E-state index contributed by atoms with van der Waals surface area (Å²) in [6, 6.07) is 2.61. The van der Waals surface area contributed by atoms with Gasteiger partial charge in [0.1, 0.15) is 0 Å². The first-order valence-electron chi connectivity index (χ1n) is 5.78. The van der Waals surface area contributed by atoms with E-state index < -0.39 is 5.97 Å². The van der Waals surface area contributed by atoms with Gasteiger partial charge in [-0.3, -0.25) is 14.4 Å². The molecule has 1 aliphatic carbocycles. The Balaban J connectivity index is 1.97. The molecule has 1 amide bonds. The van der Waals surface area contributed by atoms with Crippen LogP contribution in [0.15, 0.2) is 23.1 Å². The quantitative estimate of drug-likeness (QED) is 0.721. The Kier molecular flexibility index (Phi) is 3.45. The minimum Gasteiger partial charge on any atom is -0.481 e. The maximum atomic E-state index is 11.8. The van der Waals surface area contributed by atoms with E-state index in [1.165, 1.54) is 18.3 Å². The highest BCUT2D eigenvalue weighted by Crippen LogP contribution is 2.25. The number of amides is 1. The number of carbonyl (C=O) groups is 2.